The zero-order valence-electron chi connectivity index (χ0n) is 14.3. The van der Waals surface area contributed by atoms with E-state index in [1.165, 1.54) is 30.4 Å². The largest absolute Gasteiger partial charge is 0.381 e. The molecule has 1 aromatic rings. The summed E-state index contributed by atoms with van der Waals surface area (Å²) in [5.74, 6) is 0.531. The Hall–Kier alpha value is -0.470. The summed E-state index contributed by atoms with van der Waals surface area (Å²) in [7, 11) is 0. The van der Waals surface area contributed by atoms with Gasteiger partial charge in [0.25, 0.3) is 0 Å². The van der Waals surface area contributed by atoms with Gasteiger partial charge in [-0.1, -0.05) is 12.1 Å². The molecule has 134 valence electrons. The van der Waals surface area contributed by atoms with Gasteiger partial charge in [-0.05, 0) is 62.0 Å². The van der Waals surface area contributed by atoms with Crippen LogP contribution in [0.3, 0.4) is 0 Å². The Morgan fingerprint density at radius 3 is 2.79 bits per heavy atom. The van der Waals surface area contributed by atoms with Crippen LogP contribution >= 0.6 is 35.7 Å². The molecule has 24 heavy (non-hydrogen) atoms. The van der Waals surface area contributed by atoms with Crippen LogP contribution in [-0.4, -0.2) is 36.7 Å². The number of nitrogens with zero attached hydrogens (tertiary/aromatic N) is 1. The minimum absolute atomic E-state index is 0. The Balaban J connectivity index is 0.00000208. The molecule has 0 radical (unpaired) electrons. The Bertz CT molecular complexity index is 573. The van der Waals surface area contributed by atoms with Crippen molar-refractivity contribution in [1.82, 2.24) is 0 Å². The van der Waals surface area contributed by atoms with Crippen molar-refractivity contribution in [2.24, 2.45) is 10.7 Å². The summed E-state index contributed by atoms with van der Waals surface area (Å²) in [6.45, 7) is 2.41. The van der Waals surface area contributed by atoms with Crippen molar-refractivity contribution in [2.45, 2.75) is 43.3 Å². The number of nitrogens with one attached hydrogen (secondary N) is 1. The average Bonchev–Trinajstić information content (AvgIpc) is 2.61. The van der Waals surface area contributed by atoms with Crippen LogP contribution < -0.4 is 11.1 Å². The number of hydrogen-bond donors (Lipinski definition) is 2. The summed E-state index contributed by atoms with van der Waals surface area (Å²) in [4.78, 5) is 4.64. The van der Waals surface area contributed by atoms with Crippen molar-refractivity contribution in [3.63, 3.8) is 0 Å². The lowest BCUT2D eigenvalue weighted by Gasteiger charge is -2.34. The third-order valence-corrected chi connectivity index (χ3v) is 6.44. The normalized spacial score (nSPS) is 20.0. The summed E-state index contributed by atoms with van der Waals surface area (Å²) < 4.78 is 5.66. The molecule has 1 saturated heterocycles. The Morgan fingerprint density at radius 2 is 2.04 bits per heavy atom. The first-order chi connectivity index (χ1) is 11.2. The van der Waals surface area contributed by atoms with Gasteiger partial charge in [0.1, 0.15) is 0 Å². The minimum atomic E-state index is 0. The first-order valence-corrected chi connectivity index (χ1v) is 9.75. The van der Waals surface area contributed by atoms with Crippen molar-refractivity contribution in [3.05, 3.63) is 29.3 Å². The highest BCUT2D eigenvalue weighted by Crippen LogP contribution is 2.34. The second kappa shape index (κ2) is 9.29. The van der Waals surface area contributed by atoms with Gasteiger partial charge in [-0.15, -0.1) is 24.0 Å². The highest BCUT2D eigenvalue weighted by Gasteiger charge is 2.31. The Morgan fingerprint density at radius 1 is 1.29 bits per heavy atom. The van der Waals surface area contributed by atoms with E-state index in [9.17, 15) is 0 Å². The van der Waals surface area contributed by atoms with Gasteiger partial charge in [-0.2, -0.15) is 11.8 Å². The lowest BCUT2D eigenvalue weighted by atomic mass is 9.90. The number of rotatable bonds is 4. The van der Waals surface area contributed by atoms with Crippen LogP contribution in [0.25, 0.3) is 0 Å². The topological polar surface area (TPSA) is 59.6 Å². The molecule has 1 aliphatic heterocycles. The van der Waals surface area contributed by atoms with E-state index in [-0.39, 0.29) is 28.7 Å². The highest BCUT2D eigenvalue weighted by atomic mass is 127. The maximum Gasteiger partial charge on any atom is 0.193 e. The van der Waals surface area contributed by atoms with Gasteiger partial charge >= 0.3 is 0 Å². The third kappa shape index (κ3) is 4.79. The number of hydrogen-bond acceptors (Lipinski definition) is 3. The minimum Gasteiger partial charge on any atom is -0.381 e. The number of anilines is 1. The van der Waals surface area contributed by atoms with Crippen molar-refractivity contribution >= 4 is 47.4 Å². The van der Waals surface area contributed by atoms with Crippen molar-refractivity contribution in [3.8, 4) is 0 Å². The van der Waals surface area contributed by atoms with Crippen LogP contribution in [0.2, 0.25) is 0 Å². The molecule has 3 rings (SSSR count). The summed E-state index contributed by atoms with van der Waals surface area (Å²) >= 11 is 1.89. The fraction of sp³-hybridized carbons (Fsp3) is 0.611. The predicted octanol–water partition coefficient (Wildman–Crippen LogP) is 3.82. The maximum absolute atomic E-state index is 6.17. The monoisotopic (exact) mass is 461 g/mol. The molecular formula is C18H28IN3OS. The van der Waals surface area contributed by atoms with E-state index < -0.39 is 0 Å². The summed E-state index contributed by atoms with van der Waals surface area (Å²) in [6.07, 6.45) is 9.13. The second-order valence-corrected chi connectivity index (χ2v) is 7.75. The molecule has 4 nitrogen and oxygen atoms in total. The van der Waals surface area contributed by atoms with Gasteiger partial charge < -0.3 is 15.8 Å². The van der Waals surface area contributed by atoms with Crippen molar-refractivity contribution in [2.75, 3.05) is 31.3 Å². The van der Waals surface area contributed by atoms with E-state index in [1.807, 2.05) is 11.8 Å². The molecule has 0 atom stereocenters. The van der Waals surface area contributed by atoms with Gasteiger partial charge in [0.05, 0.1) is 6.54 Å². The molecule has 2 aliphatic rings. The van der Waals surface area contributed by atoms with E-state index in [4.69, 9.17) is 10.5 Å². The number of benzene rings is 1. The molecular weight excluding hydrogens is 433 g/mol. The first kappa shape index (κ1) is 19.8. The molecule has 0 amide bonds. The summed E-state index contributed by atoms with van der Waals surface area (Å²) in [5, 5.41) is 3.34. The molecule has 0 bridgehead atoms. The second-order valence-electron chi connectivity index (χ2n) is 6.48. The molecule has 1 fully saturated rings. The smallest absolute Gasteiger partial charge is 0.193 e. The van der Waals surface area contributed by atoms with E-state index in [0.29, 0.717) is 5.96 Å². The summed E-state index contributed by atoms with van der Waals surface area (Å²) in [5.41, 5.74) is 10.2. The van der Waals surface area contributed by atoms with Crippen LogP contribution in [0.4, 0.5) is 5.69 Å². The fourth-order valence-corrected chi connectivity index (χ4v) is 4.24. The molecule has 3 N–H and O–H groups in total. The van der Waals surface area contributed by atoms with Crippen LogP contribution in [0.1, 0.15) is 36.8 Å². The van der Waals surface area contributed by atoms with Gasteiger partial charge in [-0.25, -0.2) is 0 Å². The number of aryl methyl sites for hydroxylation is 1. The summed E-state index contributed by atoms with van der Waals surface area (Å²) in [6, 6.07) is 6.46. The quantitative estimate of drug-likeness (QED) is 0.407. The van der Waals surface area contributed by atoms with Crippen LogP contribution in [0, 0.1) is 0 Å². The maximum atomic E-state index is 6.17. The molecule has 1 aromatic carbocycles. The molecule has 0 aromatic heterocycles. The number of ether oxygens (including phenoxy) is 1. The zero-order valence-corrected chi connectivity index (χ0v) is 17.5. The zero-order chi connectivity index (χ0) is 16.1. The van der Waals surface area contributed by atoms with E-state index in [1.54, 1.807) is 0 Å². The average molecular weight is 461 g/mol. The first-order valence-electron chi connectivity index (χ1n) is 8.53. The number of halogens is 1. The van der Waals surface area contributed by atoms with E-state index in [2.05, 4.69) is 34.8 Å². The van der Waals surface area contributed by atoms with Crippen LogP contribution in [-0.2, 0) is 17.6 Å². The third-order valence-electron chi connectivity index (χ3n) is 5.03. The highest BCUT2D eigenvalue weighted by molar-refractivity contribution is 14.0. The van der Waals surface area contributed by atoms with Gasteiger partial charge in [0, 0.05) is 23.6 Å². The number of guanidine groups is 1. The number of thioether (sulfide) groups is 1. The Kier molecular flexibility index (Phi) is 7.68. The van der Waals surface area contributed by atoms with Gasteiger partial charge in [-0.3, -0.25) is 4.99 Å². The van der Waals surface area contributed by atoms with E-state index >= 15 is 0 Å². The SMILES string of the molecule is CSC1(CN=C(N)Nc2cccc3c2CCCC3)CCOCC1.I. The molecule has 6 heteroatoms. The fourth-order valence-electron chi connectivity index (χ4n) is 3.48. The molecule has 1 heterocycles. The number of nitrogens with two attached hydrogens (primary N) is 1. The Labute approximate surface area is 166 Å². The van der Waals surface area contributed by atoms with Crippen LogP contribution in [0.5, 0.6) is 0 Å². The molecule has 1 aliphatic carbocycles. The number of fused-ring (bicyclic) bond motifs is 1. The van der Waals surface area contributed by atoms with Gasteiger partial charge in [0.2, 0.25) is 0 Å². The van der Waals surface area contributed by atoms with E-state index in [0.717, 1.165) is 44.7 Å². The molecule has 0 saturated carbocycles. The van der Waals surface area contributed by atoms with Crippen molar-refractivity contribution < 1.29 is 4.74 Å². The number of aliphatic imine (C=N–C) groups is 1. The van der Waals surface area contributed by atoms with Crippen molar-refractivity contribution in [1.29, 1.82) is 0 Å². The van der Waals surface area contributed by atoms with Crippen LogP contribution in [0.15, 0.2) is 23.2 Å². The molecule has 0 spiro atoms. The predicted molar refractivity (Wildman–Crippen MR) is 115 cm³/mol. The standard InChI is InChI=1S/C18H27N3OS.HI/c1-23-18(9-11-22-12-10-18)13-20-17(19)21-16-8-4-6-14-5-2-3-7-15(14)16;/h4,6,8H,2-3,5,7,9-13H2,1H3,(H3,19,20,21);1H. The molecule has 0 unspecified atom stereocenters. The lowest BCUT2D eigenvalue weighted by molar-refractivity contribution is 0.0794. The lowest BCUT2D eigenvalue weighted by Crippen LogP contribution is -2.37. The van der Waals surface area contributed by atoms with Gasteiger partial charge in [0.15, 0.2) is 5.96 Å².